The normalized spacial score (nSPS) is 20.8. The molecule has 0 bridgehead atoms. The first kappa shape index (κ1) is 11.3. The molecule has 1 saturated heterocycles. The Kier molecular flexibility index (Phi) is 3.39. The summed E-state index contributed by atoms with van der Waals surface area (Å²) >= 11 is 0. The number of rotatable bonds is 2. The molecule has 1 aliphatic heterocycles. The van der Waals surface area contributed by atoms with Gasteiger partial charge in [0.15, 0.2) is 11.6 Å². The zero-order chi connectivity index (χ0) is 11.5. The molecular formula is C12H14F2O2. The predicted molar refractivity (Wildman–Crippen MR) is 55.6 cm³/mol. The Balaban J connectivity index is 2.14. The van der Waals surface area contributed by atoms with Gasteiger partial charge in [-0.05, 0) is 31.4 Å². The monoisotopic (exact) mass is 228 g/mol. The predicted octanol–water partition coefficient (Wildman–Crippen LogP) is 2.83. The minimum Gasteiger partial charge on any atom is -0.485 e. The van der Waals surface area contributed by atoms with E-state index in [0.717, 1.165) is 25.5 Å². The van der Waals surface area contributed by atoms with Crippen molar-refractivity contribution < 1.29 is 18.3 Å². The molecule has 1 atom stereocenters. The van der Waals surface area contributed by atoms with Gasteiger partial charge in [0.2, 0.25) is 0 Å². The van der Waals surface area contributed by atoms with E-state index in [1.165, 1.54) is 6.07 Å². The van der Waals surface area contributed by atoms with Gasteiger partial charge in [0, 0.05) is 12.7 Å². The maximum Gasteiger partial charge on any atom is 0.168 e. The average molecular weight is 228 g/mol. The van der Waals surface area contributed by atoms with Crippen LogP contribution in [0.1, 0.15) is 18.4 Å². The highest BCUT2D eigenvalue weighted by molar-refractivity contribution is 5.34. The van der Waals surface area contributed by atoms with Crippen molar-refractivity contribution in [2.75, 3.05) is 13.2 Å². The molecule has 1 aromatic rings. The minimum absolute atomic E-state index is 0.132. The van der Waals surface area contributed by atoms with Crippen LogP contribution in [-0.4, -0.2) is 19.3 Å². The van der Waals surface area contributed by atoms with Crippen LogP contribution in [0, 0.1) is 18.6 Å². The van der Waals surface area contributed by atoms with Crippen LogP contribution < -0.4 is 4.74 Å². The molecule has 0 radical (unpaired) electrons. The van der Waals surface area contributed by atoms with Crippen molar-refractivity contribution in [3.63, 3.8) is 0 Å². The molecule has 1 aliphatic rings. The Morgan fingerprint density at radius 2 is 2.19 bits per heavy atom. The van der Waals surface area contributed by atoms with Crippen LogP contribution in [-0.2, 0) is 4.74 Å². The van der Waals surface area contributed by atoms with Gasteiger partial charge in [-0.1, -0.05) is 0 Å². The zero-order valence-electron chi connectivity index (χ0n) is 9.13. The van der Waals surface area contributed by atoms with Gasteiger partial charge in [0.05, 0.1) is 6.61 Å². The molecule has 1 aromatic carbocycles. The smallest absolute Gasteiger partial charge is 0.168 e. The number of aryl methyl sites for hydroxylation is 1. The first-order valence-electron chi connectivity index (χ1n) is 5.37. The quantitative estimate of drug-likeness (QED) is 0.775. The highest BCUT2D eigenvalue weighted by Gasteiger charge is 2.19. The van der Waals surface area contributed by atoms with Crippen molar-refractivity contribution in [3.8, 4) is 5.75 Å². The maximum absolute atomic E-state index is 13.5. The fraction of sp³-hybridized carbons (Fsp3) is 0.500. The average Bonchev–Trinajstić information content (AvgIpc) is 2.25. The van der Waals surface area contributed by atoms with Crippen LogP contribution in [0.4, 0.5) is 8.78 Å². The lowest BCUT2D eigenvalue weighted by molar-refractivity contribution is 0.00553. The highest BCUT2D eigenvalue weighted by Crippen LogP contribution is 2.26. The van der Waals surface area contributed by atoms with Gasteiger partial charge in [-0.3, -0.25) is 0 Å². The molecule has 0 aliphatic carbocycles. The van der Waals surface area contributed by atoms with E-state index in [9.17, 15) is 8.78 Å². The summed E-state index contributed by atoms with van der Waals surface area (Å²) in [5, 5.41) is 0. The zero-order valence-corrected chi connectivity index (χ0v) is 9.13. The van der Waals surface area contributed by atoms with Gasteiger partial charge in [-0.25, -0.2) is 8.78 Å². The molecule has 1 fully saturated rings. The van der Waals surface area contributed by atoms with Crippen LogP contribution in [0.2, 0.25) is 0 Å². The lowest BCUT2D eigenvalue weighted by Gasteiger charge is -2.24. The first-order valence-corrected chi connectivity index (χ1v) is 5.37. The molecule has 2 nitrogen and oxygen atoms in total. The van der Waals surface area contributed by atoms with Gasteiger partial charge < -0.3 is 9.47 Å². The van der Waals surface area contributed by atoms with Crippen molar-refractivity contribution in [1.82, 2.24) is 0 Å². The van der Waals surface area contributed by atoms with Crippen molar-refractivity contribution in [2.24, 2.45) is 0 Å². The van der Waals surface area contributed by atoms with E-state index in [1.54, 1.807) is 6.92 Å². The number of halogens is 2. The summed E-state index contributed by atoms with van der Waals surface area (Å²) < 4.78 is 37.1. The summed E-state index contributed by atoms with van der Waals surface area (Å²) in [6.45, 7) is 2.83. The fourth-order valence-corrected chi connectivity index (χ4v) is 1.81. The number of hydrogen-bond acceptors (Lipinski definition) is 2. The molecule has 0 N–H and O–H groups in total. The first-order chi connectivity index (χ1) is 7.66. The Labute approximate surface area is 93.2 Å². The van der Waals surface area contributed by atoms with Crippen molar-refractivity contribution >= 4 is 0 Å². The Morgan fingerprint density at radius 1 is 1.38 bits per heavy atom. The second-order valence-corrected chi connectivity index (χ2v) is 3.99. The molecule has 1 unspecified atom stereocenters. The maximum atomic E-state index is 13.5. The summed E-state index contributed by atoms with van der Waals surface area (Å²) in [5.74, 6) is -1.10. The Hall–Kier alpha value is -1.16. The lowest BCUT2D eigenvalue weighted by atomic mass is 10.1. The van der Waals surface area contributed by atoms with E-state index < -0.39 is 11.6 Å². The van der Waals surface area contributed by atoms with Gasteiger partial charge in [-0.15, -0.1) is 0 Å². The van der Waals surface area contributed by atoms with Gasteiger partial charge in [-0.2, -0.15) is 0 Å². The molecule has 88 valence electrons. The molecule has 0 spiro atoms. The number of ether oxygens (including phenoxy) is 2. The third-order valence-corrected chi connectivity index (χ3v) is 2.60. The van der Waals surface area contributed by atoms with Crippen LogP contribution in [0.15, 0.2) is 12.1 Å². The van der Waals surface area contributed by atoms with Gasteiger partial charge in [0.1, 0.15) is 11.9 Å². The molecule has 4 heteroatoms. The van der Waals surface area contributed by atoms with E-state index in [1.807, 2.05) is 0 Å². The standard InChI is InChI=1S/C12H14F2O2/c1-8-5-9(13)6-11(14)12(8)16-10-3-2-4-15-7-10/h5-6,10H,2-4,7H2,1H3. The largest absolute Gasteiger partial charge is 0.485 e. The second-order valence-electron chi connectivity index (χ2n) is 3.99. The minimum atomic E-state index is -0.650. The molecule has 2 rings (SSSR count). The summed E-state index contributed by atoms with van der Waals surface area (Å²) in [7, 11) is 0. The van der Waals surface area contributed by atoms with E-state index in [-0.39, 0.29) is 11.9 Å². The van der Waals surface area contributed by atoms with Crippen molar-refractivity contribution in [3.05, 3.63) is 29.3 Å². The van der Waals surface area contributed by atoms with E-state index in [0.29, 0.717) is 12.2 Å². The van der Waals surface area contributed by atoms with Crippen LogP contribution in [0.5, 0.6) is 5.75 Å². The van der Waals surface area contributed by atoms with E-state index in [2.05, 4.69) is 0 Å². The van der Waals surface area contributed by atoms with Crippen LogP contribution in [0.25, 0.3) is 0 Å². The summed E-state index contributed by atoms with van der Waals surface area (Å²) in [6, 6.07) is 2.11. The van der Waals surface area contributed by atoms with E-state index >= 15 is 0 Å². The second kappa shape index (κ2) is 4.78. The van der Waals surface area contributed by atoms with Crippen LogP contribution >= 0.6 is 0 Å². The molecule has 0 saturated carbocycles. The molecule has 1 heterocycles. The number of benzene rings is 1. The van der Waals surface area contributed by atoms with E-state index in [4.69, 9.17) is 9.47 Å². The summed E-state index contributed by atoms with van der Waals surface area (Å²) in [4.78, 5) is 0. The third kappa shape index (κ3) is 2.50. The highest BCUT2D eigenvalue weighted by atomic mass is 19.1. The Bertz CT molecular complexity index is 350. The topological polar surface area (TPSA) is 18.5 Å². The number of hydrogen-bond donors (Lipinski definition) is 0. The fourth-order valence-electron chi connectivity index (χ4n) is 1.81. The van der Waals surface area contributed by atoms with Gasteiger partial charge >= 0.3 is 0 Å². The lowest BCUT2D eigenvalue weighted by Crippen LogP contribution is -2.28. The van der Waals surface area contributed by atoms with Crippen molar-refractivity contribution in [2.45, 2.75) is 25.9 Å². The molecule has 0 aromatic heterocycles. The third-order valence-electron chi connectivity index (χ3n) is 2.60. The summed E-state index contributed by atoms with van der Waals surface area (Å²) in [6.07, 6.45) is 1.62. The van der Waals surface area contributed by atoms with Gasteiger partial charge in [0.25, 0.3) is 0 Å². The Morgan fingerprint density at radius 3 is 2.81 bits per heavy atom. The molecule has 0 amide bonds. The molecule has 16 heavy (non-hydrogen) atoms. The van der Waals surface area contributed by atoms with Crippen molar-refractivity contribution in [1.29, 1.82) is 0 Å². The summed E-state index contributed by atoms with van der Waals surface area (Å²) in [5.41, 5.74) is 0.475. The van der Waals surface area contributed by atoms with Crippen LogP contribution in [0.3, 0.4) is 0 Å². The molecular weight excluding hydrogens is 214 g/mol. The SMILES string of the molecule is Cc1cc(F)cc(F)c1OC1CCCOC1.